The number of nitrogens with zero attached hydrogens (tertiary/aromatic N) is 1. The van der Waals surface area contributed by atoms with E-state index in [4.69, 9.17) is 15.2 Å². The Kier molecular flexibility index (Phi) is 6.33. The van der Waals surface area contributed by atoms with E-state index in [1.165, 1.54) is 25.1 Å². The second-order valence-electron chi connectivity index (χ2n) is 7.70. The summed E-state index contributed by atoms with van der Waals surface area (Å²) in [5, 5.41) is 2.29. The Morgan fingerprint density at radius 3 is 2.45 bits per heavy atom. The number of hydrogen-bond acceptors (Lipinski definition) is 5. The van der Waals surface area contributed by atoms with Crippen molar-refractivity contribution in [3.05, 3.63) is 53.2 Å². The van der Waals surface area contributed by atoms with E-state index in [1.807, 2.05) is 0 Å². The molecule has 178 valence electrons. The summed E-state index contributed by atoms with van der Waals surface area (Å²) in [6.07, 6.45) is -6.68. The van der Waals surface area contributed by atoms with Crippen LogP contribution in [-0.4, -0.2) is 41.8 Å². The number of hydrogen-bond donors (Lipinski definition) is 2. The van der Waals surface area contributed by atoms with Crippen LogP contribution in [0.5, 0.6) is 5.75 Å². The molecule has 1 aliphatic heterocycles. The number of carbonyl (C=O) groups is 2. The highest BCUT2D eigenvalue weighted by atomic mass is 19.4. The fourth-order valence-corrected chi connectivity index (χ4v) is 3.88. The van der Waals surface area contributed by atoms with Gasteiger partial charge in [-0.05, 0) is 25.1 Å². The highest BCUT2D eigenvalue weighted by Gasteiger charge is 2.65. The van der Waals surface area contributed by atoms with Gasteiger partial charge in [-0.15, -0.1) is 0 Å². The molecule has 7 nitrogen and oxygen atoms in total. The van der Waals surface area contributed by atoms with Crippen LogP contribution in [0.2, 0.25) is 0 Å². The lowest BCUT2D eigenvalue weighted by Gasteiger charge is -2.32. The van der Waals surface area contributed by atoms with E-state index < -0.39 is 58.9 Å². The molecule has 3 N–H and O–H groups in total. The molecular formula is C21H20F5N3O4. The molecule has 0 radical (unpaired) electrons. The average molecular weight is 473 g/mol. The molecule has 2 amide bonds. The molecule has 12 heteroatoms. The predicted molar refractivity (Wildman–Crippen MR) is 106 cm³/mol. The molecule has 1 saturated heterocycles. The van der Waals surface area contributed by atoms with Crippen LogP contribution in [0.1, 0.15) is 35.8 Å². The Balaban J connectivity index is 2.07. The topological polar surface area (TPSA) is 104 Å². The molecule has 0 saturated carbocycles. The fourth-order valence-electron chi connectivity index (χ4n) is 3.88. The van der Waals surface area contributed by atoms with Gasteiger partial charge in [-0.2, -0.15) is 17.6 Å². The maximum atomic E-state index is 14.3. The molecule has 1 aromatic carbocycles. The number of primary amides is 1. The normalized spacial score (nSPS) is 25.0. The van der Waals surface area contributed by atoms with Crippen LogP contribution in [0.25, 0.3) is 0 Å². The van der Waals surface area contributed by atoms with Gasteiger partial charge in [0.25, 0.3) is 11.8 Å². The molecular weight excluding hydrogens is 453 g/mol. The van der Waals surface area contributed by atoms with Gasteiger partial charge < -0.3 is 20.5 Å². The molecule has 2 aromatic rings. The minimum Gasteiger partial charge on any atom is -0.493 e. The number of alkyl halides is 3. The number of aromatic nitrogens is 1. The first kappa shape index (κ1) is 24.4. The Morgan fingerprint density at radius 2 is 1.88 bits per heavy atom. The summed E-state index contributed by atoms with van der Waals surface area (Å²) in [4.78, 5) is 28.2. The van der Waals surface area contributed by atoms with E-state index >= 15 is 0 Å². The van der Waals surface area contributed by atoms with Crippen molar-refractivity contribution in [1.82, 2.24) is 4.98 Å². The van der Waals surface area contributed by atoms with E-state index in [2.05, 4.69) is 10.3 Å². The number of amides is 2. The lowest BCUT2D eigenvalue weighted by Crippen LogP contribution is -2.47. The Hall–Kier alpha value is -3.28. The van der Waals surface area contributed by atoms with E-state index in [-0.39, 0.29) is 17.1 Å². The number of anilines is 1. The predicted octanol–water partition coefficient (Wildman–Crippen LogP) is 3.55. The maximum absolute atomic E-state index is 14.3. The number of benzene rings is 1. The number of nitrogens with one attached hydrogen (secondary N) is 1. The van der Waals surface area contributed by atoms with Crippen molar-refractivity contribution in [2.75, 3.05) is 12.4 Å². The van der Waals surface area contributed by atoms with Gasteiger partial charge in [-0.25, -0.2) is 9.37 Å². The van der Waals surface area contributed by atoms with Crippen molar-refractivity contribution in [3.8, 4) is 5.75 Å². The summed E-state index contributed by atoms with van der Waals surface area (Å²) < 4.78 is 80.0. The van der Waals surface area contributed by atoms with E-state index in [1.54, 1.807) is 0 Å². The molecule has 0 unspecified atom stereocenters. The average Bonchev–Trinajstić information content (AvgIpc) is 3.02. The zero-order valence-electron chi connectivity index (χ0n) is 17.7. The van der Waals surface area contributed by atoms with Crippen LogP contribution in [0.15, 0.2) is 30.3 Å². The number of carbonyl (C=O) groups excluding carboxylic acids is 2. The molecule has 33 heavy (non-hydrogen) atoms. The van der Waals surface area contributed by atoms with Crippen LogP contribution in [-0.2, 0) is 9.53 Å². The van der Waals surface area contributed by atoms with Crippen LogP contribution >= 0.6 is 0 Å². The first-order valence-electron chi connectivity index (χ1n) is 9.66. The molecule has 0 aliphatic carbocycles. The van der Waals surface area contributed by atoms with Crippen molar-refractivity contribution in [3.63, 3.8) is 0 Å². The zero-order chi connectivity index (χ0) is 24.7. The monoisotopic (exact) mass is 473 g/mol. The molecule has 1 aliphatic rings. The number of pyridine rings is 1. The lowest BCUT2D eigenvalue weighted by molar-refractivity contribution is -0.272. The molecule has 2 heterocycles. The van der Waals surface area contributed by atoms with Crippen molar-refractivity contribution in [1.29, 1.82) is 0 Å². The quantitative estimate of drug-likeness (QED) is 0.647. The van der Waals surface area contributed by atoms with Gasteiger partial charge >= 0.3 is 6.18 Å². The summed E-state index contributed by atoms with van der Waals surface area (Å²) in [5.74, 6) is -8.17. The van der Waals surface area contributed by atoms with Crippen molar-refractivity contribution >= 4 is 17.6 Å². The van der Waals surface area contributed by atoms with E-state index in [0.29, 0.717) is 0 Å². The Labute approximate surface area is 185 Å². The summed E-state index contributed by atoms with van der Waals surface area (Å²) in [6.45, 7) is 1.97. The SMILES string of the molecule is COc1c([C@H]2[C@@H](C(=O)Nc3cccc(C(N)=O)n3)O[C@@](C)(C(F)(F)F)[C@@H]2C)ccc(F)c1F. The van der Waals surface area contributed by atoms with Crippen LogP contribution in [0, 0.1) is 17.6 Å². The number of methoxy groups -OCH3 is 1. The van der Waals surface area contributed by atoms with E-state index in [0.717, 1.165) is 26.2 Å². The second kappa shape index (κ2) is 8.58. The molecule has 3 rings (SSSR count). The number of ether oxygens (including phenoxy) is 2. The van der Waals surface area contributed by atoms with Gasteiger partial charge in [0.1, 0.15) is 17.6 Å². The largest absolute Gasteiger partial charge is 0.493 e. The maximum Gasteiger partial charge on any atom is 0.417 e. The van der Waals surface area contributed by atoms with Crippen LogP contribution < -0.4 is 15.8 Å². The molecule has 0 bridgehead atoms. The summed E-state index contributed by atoms with van der Waals surface area (Å²) in [5.41, 5.74) is 2.00. The standard InChI is InChI=1S/C21H20F5N3O4/c1-9-14(10-7-8-11(22)15(23)16(10)32-3)17(33-20(9,2)21(24,25)26)19(31)29-13-6-4-5-12(28-13)18(27)30/h4-9,14,17H,1-3H3,(H2,27,30)(H,28,29,31)/t9-,14+,17+,20-/m1/s1. The first-order valence-corrected chi connectivity index (χ1v) is 9.66. The van der Waals surface area contributed by atoms with Crippen molar-refractivity contribution in [2.24, 2.45) is 11.7 Å². The fraction of sp³-hybridized carbons (Fsp3) is 0.381. The minimum absolute atomic E-state index is 0.163. The third-order valence-corrected chi connectivity index (χ3v) is 5.82. The highest BCUT2D eigenvalue weighted by Crippen LogP contribution is 2.54. The molecule has 1 fully saturated rings. The van der Waals surface area contributed by atoms with Crippen molar-refractivity contribution < 1.29 is 41.0 Å². The second-order valence-corrected chi connectivity index (χ2v) is 7.70. The van der Waals surface area contributed by atoms with E-state index in [9.17, 15) is 31.5 Å². The Bertz CT molecular complexity index is 1090. The smallest absolute Gasteiger partial charge is 0.417 e. The summed E-state index contributed by atoms with van der Waals surface area (Å²) in [7, 11) is 1.03. The number of rotatable bonds is 5. The third-order valence-electron chi connectivity index (χ3n) is 5.82. The van der Waals surface area contributed by atoms with Gasteiger partial charge in [-0.3, -0.25) is 9.59 Å². The number of nitrogens with two attached hydrogens (primary N) is 1. The molecule has 1 aromatic heterocycles. The Morgan fingerprint density at radius 1 is 1.21 bits per heavy atom. The summed E-state index contributed by atoms with van der Waals surface area (Å²) in [6, 6.07) is 5.71. The lowest BCUT2D eigenvalue weighted by atomic mass is 9.77. The van der Waals surface area contributed by atoms with Gasteiger partial charge in [0.15, 0.2) is 17.2 Å². The van der Waals surface area contributed by atoms with Crippen molar-refractivity contribution in [2.45, 2.75) is 37.6 Å². The van der Waals surface area contributed by atoms with Gasteiger partial charge in [0.2, 0.25) is 5.82 Å². The highest BCUT2D eigenvalue weighted by molar-refractivity contribution is 5.96. The van der Waals surface area contributed by atoms with Crippen LogP contribution in [0.3, 0.4) is 0 Å². The van der Waals surface area contributed by atoms with Gasteiger partial charge in [-0.1, -0.05) is 19.1 Å². The molecule has 4 atom stereocenters. The summed E-state index contributed by atoms with van der Waals surface area (Å²) >= 11 is 0. The van der Waals surface area contributed by atoms with Gasteiger partial charge in [0.05, 0.1) is 7.11 Å². The minimum atomic E-state index is -4.89. The zero-order valence-corrected chi connectivity index (χ0v) is 17.7. The van der Waals surface area contributed by atoms with Crippen LogP contribution in [0.4, 0.5) is 27.8 Å². The van der Waals surface area contributed by atoms with Gasteiger partial charge in [0, 0.05) is 17.4 Å². The first-order chi connectivity index (χ1) is 15.3. The molecule has 0 spiro atoms. The third kappa shape index (κ3) is 4.22. The number of halogens is 5.